The van der Waals surface area contributed by atoms with Crippen LogP contribution in [0, 0.1) is 17.1 Å². The first kappa shape index (κ1) is 16.0. The van der Waals surface area contributed by atoms with Crippen molar-refractivity contribution >= 4 is 17.7 Å². The standard InChI is InChI=1S/C17H13FN2O3/c1-23-14-5-2-11(3-6-14)8-12(10-19)17(22)20-16-7-4-13(21)9-15(16)18/h2-9,21H,1H3,(H,20,22)/b12-8+. The van der Waals surface area contributed by atoms with Crippen LogP contribution in [0.25, 0.3) is 6.08 Å². The van der Waals surface area contributed by atoms with Crippen molar-refractivity contribution in [2.45, 2.75) is 0 Å². The lowest BCUT2D eigenvalue weighted by molar-refractivity contribution is -0.112. The number of phenolic OH excluding ortho intramolecular Hbond substituents is 1. The van der Waals surface area contributed by atoms with Gasteiger partial charge in [-0.25, -0.2) is 4.39 Å². The van der Waals surface area contributed by atoms with E-state index in [9.17, 15) is 9.18 Å². The van der Waals surface area contributed by atoms with Crippen molar-refractivity contribution in [1.29, 1.82) is 5.26 Å². The van der Waals surface area contributed by atoms with Crippen molar-refractivity contribution in [2.75, 3.05) is 12.4 Å². The van der Waals surface area contributed by atoms with Gasteiger partial charge in [0.05, 0.1) is 12.8 Å². The molecule has 0 unspecified atom stereocenters. The van der Waals surface area contributed by atoms with Crippen molar-refractivity contribution in [3.05, 3.63) is 59.4 Å². The van der Waals surface area contributed by atoms with Gasteiger partial charge in [0.15, 0.2) is 0 Å². The lowest BCUT2D eigenvalue weighted by atomic mass is 10.1. The van der Waals surface area contributed by atoms with Crippen molar-refractivity contribution < 1.29 is 19.0 Å². The third kappa shape index (κ3) is 4.08. The van der Waals surface area contributed by atoms with Crippen LogP contribution in [0.15, 0.2) is 48.0 Å². The average molecular weight is 312 g/mol. The molecule has 0 aliphatic rings. The van der Waals surface area contributed by atoms with Gasteiger partial charge >= 0.3 is 0 Å². The van der Waals surface area contributed by atoms with E-state index in [0.717, 1.165) is 6.07 Å². The smallest absolute Gasteiger partial charge is 0.266 e. The molecule has 6 heteroatoms. The number of amides is 1. The minimum absolute atomic E-state index is 0.122. The van der Waals surface area contributed by atoms with Gasteiger partial charge in [0, 0.05) is 6.07 Å². The molecule has 0 bridgehead atoms. The van der Waals surface area contributed by atoms with E-state index in [4.69, 9.17) is 15.1 Å². The van der Waals surface area contributed by atoms with Crippen LogP contribution in [-0.2, 0) is 4.79 Å². The summed E-state index contributed by atoms with van der Waals surface area (Å²) in [6.45, 7) is 0. The first-order valence-electron chi connectivity index (χ1n) is 6.59. The van der Waals surface area contributed by atoms with Gasteiger partial charge in [-0.3, -0.25) is 4.79 Å². The molecule has 2 rings (SSSR count). The number of phenols is 1. The first-order chi connectivity index (χ1) is 11.0. The van der Waals surface area contributed by atoms with Gasteiger partial charge in [-0.1, -0.05) is 12.1 Å². The second-order valence-electron chi connectivity index (χ2n) is 4.56. The Bertz CT molecular complexity index is 792. The number of nitrogens with zero attached hydrogens (tertiary/aromatic N) is 1. The summed E-state index contributed by atoms with van der Waals surface area (Å²) in [7, 11) is 1.53. The third-order valence-electron chi connectivity index (χ3n) is 2.99. The van der Waals surface area contributed by atoms with Crippen LogP contribution in [0.4, 0.5) is 10.1 Å². The zero-order valence-electron chi connectivity index (χ0n) is 12.2. The summed E-state index contributed by atoms with van der Waals surface area (Å²) in [6, 6.07) is 11.8. The molecule has 2 aromatic carbocycles. The van der Waals surface area contributed by atoms with Gasteiger partial charge in [-0.15, -0.1) is 0 Å². The van der Waals surface area contributed by atoms with Crippen LogP contribution >= 0.6 is 0 Å². The van der Waals surface area contributed by atoms with E-state index in [1.165, 1.54) is 25.3 Å². The number of carbonyl (C=O) groups is 1. The topological polar surface area (TPSA) is 82.3 Å². The van der Waals surface area contributed by atoms with Crippen molar-refractivity contribution in [1.82, 2.24) is 0 Å². The maximum absolute atomic E-state index is 13.6. The lowest BCUT2D eigenvalue weighted by Crippen LogP contribution is -2.14. The van der Waals surface area contributed by atoms with Gasteiger partial charge in [-0.05, 0) is 35.9 Å². The van der Waals surface area contributed by atoms with Crippen LogP contribution in [-0.4, -0.2) is 18.1 Å². The molecule has 5 nitrogen and oxygen atoms in total. The summed E-state index contributed by atoms with van der Waals surface area (Å²) in [5, 5.41) is 20.5. The number of nitrogens with one attached hydrogen (secondary N) is 1. The number of rotatable bonds is 4. The molecule has 0 aromatic heterocycles. The van der Waals surface area contributed by atoms with E-state index < -0.39 is 11.7 Å². The van der Waals surface area contributed by atoms with E-state index in [0.29, 0.717) is 11.3 Å². The molecule has 0 saturated carbocycles. The number of methoxy groups -OCH3 is 1. The molecule has 0 atom stereocenters. The summed E-state index contributed by atoms with van der Waals surface area (Å²) in [5.41, 5.74) is 0.329. The highest BCUT2D eigenvalue weighted by molar-refractivity contribution is 6.09. The number of ether oxygens (including phenoxy) is 1. The van der Waals surface area contributed by atoms with Gasteiger partial charge in [-0.2, -0.15) is 5.26 Å². The van der Waals surface area contributed by atoms with E-state index >= 15 is 0 Å². The minimum atomic E-state index is -0.792. The first-order valence-corrected chi connectivity index (χ1v) is 6.59. The second-order valence-corrected chi connectivity index (χ2v) is 4.56. The van der Waals surface area contributed by atoms with Crippen molar-refractivity contribution in [3.63, 3.8) is 0 Å². The molecule has 0 heterocycles. The summed E-state index contributed by atoms with van der Waals surface area (Å²) < 4.78 is 18.6. The van der Waals surface area contributed by atoms with Crippen molar-refractivity contribution in [3.8, 4) is 17.6 Å². The lowest BCUT2D eigenvalue weighted by Gasteiger charge is -2.06. The number of halogens is 1. The Labute approximate surface area is 132 Å². The van der Waals surface area contributed by atoms with Crippen LogP contribution in [0.1, 0.15) is 5.56 Å². The quantitative estimate of drug-likeness (QED) is 0.516. The van der Waals surface area contributed by atoms with Crippen LogP contribution in [0.2, 0.25) is 0 Å². The molecule has 2 aromatic rings. The number of hydrogen-bond acceptors (Lipinski definition) is 4. The second kappa shape index (κ2) is 7.09. The maximum Gasteiger partial charge on any atom is 0.266 e. The monoisotopic (exact) mass is 312 g/mol. The van der Waals surface area contributed by atoms with Gasteiger partial charge in [0.1, 0.15) is 29.0 Å². The fraction of sp³-hybridized carbons (Fsp3) is 0.0588. The Morgan fingerprint density at radius 1 is 1.30 bits per heavy atom. The molecule has 116 valence electrons. The molecule has 0 aliphatic carbocycles. The predicted molar refractivity (Wildman–Crippen MR) is 83.3 cm³/mol. The van der Waals surface area contributed by atoms with Crippen LogP contribution in [0.3, 0.4) is 0 Å². The molecule has 0 radical (unpaired) electrons. The highest BCUT2D eigenvalue weighted by atomic mass is 19.1. The SMILES string of the molecule is COc1ccc(/C=C(\C#N)C(=O)Nc2ccc(O)cc2F)cc1. The minimum Gasteiger partial charge on any atom is -0.508 e. The maximum atomic E-state index is 13.6. The Balaban J connectivity index is 2.20. The van der Waals surface area contributed by atoms with E-state index in [-0.39, 0.29) is 17.0 Å². The number of aromatic hydroxyl groups is 1. The number of benzene rings is 2. The fourth-order valence-electron chi connectivity index (χ4n) is 1.81. The van der Waals surface area contributed by atoms with E-state index in [1.807, 2.05) is 0 Å². The zero-order valence-corrected chi connectivity index (χ0v) is 12.2. The molecule has 2 N–H and O–H groups in total. The normalized spacial score (nSPS) is 10.7. The molecular formula is C17H13FN2O3. The molecule has 0 fully saturated rings. The Hall–Kier alpha value is -3.33. The Morgan fingerprint density at radius 3 is 2.57 bits per heavy atom. The summed E-state index contributed by atoms with van der Waals surface area (Å²) in [4.78, 5) is 12.1. The fourth-order valence-corrected chi connectivity index (χ4v) is 1.81. The summed E-state index contributed by atoms with van der Waals surface area (Å²) >= 11 is 0. The Kier molecular flexibility index (Phi) is 4.95. The van der Waals surface area contributed by atoms with Crippen LogP contribution < -0.4 is 10.1 Å². The predicted octanol–water partition coefficient (Wildman–Crippen LogP) is 3.09. The van der Waals surface area contributed by atoms with E-state index in [1.54, 1.807) is 30.3 Å². The Morgan fingerprint density at radius 2 is 2.00 bits per heavy atom. The van der Waals surface area contributed by atoms with Crippen LogP contribution in [0.5, 0.6) is 11.5 Å². The molecule has 23 heavy (non-hydrogen) atoms. The number of anilines is 1. The number of nitriles is 1. The molecular weight excluding hydrogens is 299 g/mol. The molecule has 0 saturated heterocycles. The molecule has 0 aliphatic heterocycles. The number of hydrogen-bond donors (Lipinski definition) is 2. The highest BCUT2D eigenvalue weighted by Crippen LogP contribution is 2.20. The summed E-state index contributed by atoms with van der Waals surface area (Å²) in [5.74, 6) is -1.14. The third-order valence-corrected chi connectivity index (χ3v) is 2.99. The van der Waals surface area contributed by atoms with Gasteiger partial charge < -0.3 is 15.2 Å². The van der Waals surface area contributed by atoms with E-state index in [2.05, 4.69) is 5.32 Å². The highest BCUT2D eigenvalue weighted by Gasteiger charge is 2.12. The number of carbonyl (C=O) groups excluding carboxylic acids is 1. The van der Waals surface area contributed by atoms with Gasteiger partial charge in [0.2, 0.25) is 0 Å². The largest absolute Gasteiger partial charge is 0.508 e. The van der Waals surface area contributed by atoms with Crippen molar-refractivity contribution in [2.24, 2.45) is 0 Å². The summed E-state index contributed by atoms with van der Waals surface area (Å²) in [6.07, 6.45) is 1.38. The van der Waals surface area contributed by atoms with Gasteiger partial charge in [0.25, 0.3) is 5.91 Å². The molecule has 1 amide bonds. The average Bonchev–Trinajstić information content (AvgIpc) is 2.55. The molecule has 0 spiro atoms. The zero-order chi connectivity index (χ0) is 16.8.